The van der Waals surface area contributed by atoms with Gasteiger partial charge in [0.25, 0.3) is 5.91 Å². The Labute approximate surface area is 183 Å². The zero-order valence-corrected chi connectivity index (χ0v) is 17.6. The number of rotatable bonds is 5. The maximum Gasteiger partial charge on any atom is 0.416 e. The van der Waals surface area contributed by atoms with E-state index in [1.54, 1.807) is 7.11 Å². The first kappa shape index (κ1) is 22.7. The second-order valence-corrected chi connectivity index (χ2v) is 7.07. The van der Waals surface area contributed by atoms with Crippen LogP contribution >= 0.6 is 0 Å². The minimum Gasteiger partial charge on any atom is -0.497 e. The van der Waals surface area contributed by atoms with Crippen LogP contribution in [0.3, 0.4) is 0 Å². The molecule has 3 rings (SSSR count). The number of nitrogens with one attached hydrogen (secondary N) is 1. The lowest BCUT2D eigenvalue weighted by molar-refractivity contribution is -0.137. The highest BCUT2D eigenvalue weighted by Crippen LogP contribution is 2.31. The number of benzene rings is 2. The van der Waals surface area contributed by atoms with Crippen molar-refractivity contribution in [2.24, 2.45) is 0 Å². The third-order valence-electron chi connectivity index (χ3n) is 4.89. The molecule has 5 nitrogen and oxygen atoms in total. The Balaban J connectivity index is 1.92. The Morgan fingerprint density at radius 2 is 1.84 bits per heavy atom. The Hall–Kier alpha value is -3.99. The van der Waals surface area contributed by atoms with Gasteiger partial charge in [-0.1, -0.05) is 12.1 Å². The molecule has 0 atom stereocenters. The van der Waals surface area contributed by atoms with Crippen LogP contribution in [0.25, 0.3) is 11.8 Å². The monoisotopic (exact) mass is 439 g/mol. The molecule has 0 bridgehead atoms. The third kappa shape index (κ3) is 4.83. The van der Waals surface area contributed by atoms with Gasteiger partial charge in [0.1, 0.15) is 17.4 Å². The molecule has 0 radical (unpaired) electrons. The third-order valence-corrected chi connectivity index (χ3v) is 4.89. The molecule has 2 aromatic carbocycles. The number of aromatic nitrogens is 1. The maximum absolute atomic E-state index is 12.9. The van der Waals surface area contributed by atoms with Gasteiger partial charge in [-0.15, -0.1) is 0 Å². The number of nitrogens with zero attached hydrogens (tertiary/aromatic N) is 2. The lowest BCUT2D eigenvalue weighted by Crippen LogP contribution is -2.14. The minimum atomic E-state index is -4.54. The molecule has 8 heteroatoms. The molecule has 0 spiro atoms. The van der Waals surface area contributed by atoms with E-state index >= 15 is 0 Å². The highest BCUT2D eigenvalue weighted by atomic mass is 19.4. The number of aryl methyl sites for hydroxylation is 1. The Morgan fingerprint density at radius 1 is 1.12 bits per heavy atom. The largest absolute Gasteiger partial charge is 0.497 e. The van der Waals surface area contributed by atoms with Crippen LogP contribution in [-0.2, 0) is 11.0 Å². The van der Waals surface area contributed by atoms with Gasteiger partial charge in [-0.2, -0.15) is 18.4 Å². The summed E-state index contributed by atoms with van der Waals surface area (Å²) in [6.07, 6.45) is -3.12. The molecule has 0 aliphatic heterocycles. The van der Waals surface area contributed by atoms with Crippen molar-refractivity contribution in [3.63, 3.8) is 0 Å². The van der Waals surface area contributed by atoms with Gasteiger partial charge < -0.3 is 14.6 Å². The van der Waals surface area contributed by atoms with Crippen molar-refractivity contribution >= 4 is 17.7 Å². The van der Waals surface area contributed by atoms with Gasteiger partial charge in [0, 0.05) is 28.8 Å². The van der Waals surface area contributed by atoms with Crippen LogP contribution in [0.2, 0.25) is 0 Å². The molecule has 0 aliphatic rings. The van der Waals surface area contributed by atoms with Gasteiger partial charge in [0.2, 0.25) is 0 Å². The van der Waals surface area contributed by atoms with E-state index in [1.165, 1.54) is 18.2 Å². The first-order valence-corrected chi connectivity index (χ1v) is 9.58. The molecule has 1 amide bonds. The van der Waals surface area contributed by atoms with Crippen LogP contribution in [0.4, 0.5) is 18.9 Å². The molecule has 164 valence electrons. The molecule has 1 aromatic heterocycles. The summed E-state index contributed by atoms with van der Waals surface area (Å²) in [4.78, 5) is 12.6. The molecule has 0 fully saturated rings. The highest BCUT2D eigenvalue weighted by molar-refractivity contribution is 6.09. The van der Waals surface area contributed by atoms with Crippen LogP contribution in [-0.4, -0.2) is 17.6 Å². The minimum absolute atomic E-state index is 0.0483. The first-order valence-electron chi connectivity index (χ1n) is 9.58. The summed E-state index contributed by atoms with van der Waals surface area (Å²) in [6.45, 7) is 3.73. The number of ether oxygens (including phenoxy) is 1. The van der Waals surface area contributed by atoms with Gasteiger partial charge in [0.05, 0.1) is 12.7 Å². The second kappa shape index (κ2) is 9.02. The Morgan fingerprint density at radius 3 is 2.50 bits per heavy atom. The lowest BCUT2D eigenvalue weighted by atomic mass is 10.1. The number of anilines is 1. The van der Waals surface area contributed by atoms with Crippen LogP contribution in [0.1, 0.15) is 22.5 Å². The summed E-state index contributed by atoms with van der Waals surface area (Å²) in [5.74, 6) is -0.108. The molecule has 0 saturated heterocycles. The van der Waals surface area contributed by atoms with Crippen LogP contribution in [0, 0.1) is 25.2 Å². The number of hydrogen-bond donors (Lipinski definition) is 1. The summed E-state index contributed by atoms with van der Waals surface area (Å²) >= 11 is 0. The SMILES string of the molecule is COc1cccc(-n2c(C)cc(/C=C(\C#N)C(=O)Nc3cccc(C(F)(F)F)c3)c2C)c1. The molecule has 0 saturated carbocycles. The van der Waals surface area contributed by atoms with Crippen molar-refractivity contribution in [3.8, 4) is 17.5 Å². The van der Waals surface area contributed by atoms with Crippen LogP contribution < -0.4 is 10.1 Å². The van der Waals surface area contributed by atoms with Crippen LogP contribution in [0.5, 0.6) is 5.75 Å². The van der Waals surface area contributed by atoms with Gasteiger partial charge >= 0.3 is 6.18 Å². The second-order valence-electron chi connectivity index (χ2n) is 7.07. The molecule has 3 aromatic rings. The van der Waals surface area contributed by atoms with E-state index in [2.05, 4.69) is 5.32 Å². The summed E-state index contributed by atoms with van der Waals surface area (Å²) in [5, 5.41) is 11.8. The standard InChI is InChI=1S/C24H20F3N3O2/c1-15-10-17(16(2)30(15)21-8-5-9-22(13-21)32-3)11-18(14-28)23(31)29-20-7-4-6-19(12-20)24(25,26)27/h4-13H,1-3H3,(H,29,31)/b18-11+. The lowest BCUT2D eigenvalue weighted by Gasteiger charge is -2.11. The van der Waals surface area contributed by atoms with E-state index in [-0.39, 0.29) is 11.3 Å². The molecule has 1 heterocycles. The number of carbonyl (C=O) groups excluding carboxylic acids is 1. The predicted octanol–water partition coefficient (Wildman–Crippen LogP) is 5.67. The van der Waals surface area contributed by atoms with Crippen molar-refractivity contribution in [2.75, 3.05) is 12.4 Å². The van der Waals surface area contributed by atoms with Crippen LogP contribution in [0.15, 0.2) is 60.2 Å². The maximum atomic E-state index is 12.9. The smallest absolute Gasteiger partial charge is 0.416 e. The van der Waals surface area contributed by atoms with E-state index in [9.17, 15) is 23.2 Å². The number of methoxy groups -OCH3 is 1. The van der Waals surface area contributed by atoms with Crippen molar-refractivity contribution in [2.45, 2.75) is 20.0 Å². The van der Waals surface area contributed by atoms with E-state index in [1.807, 2.05) is 54.8 Å². The summed E-state index contributed by atoms with van der Waals surface area (Å²) < 4.78 is 45.9. The van der Waals surface area contributed by atoms with E-state index in [4.69, 9.17) is 4.74 Å². The molecule has 0 aliphatic carbocycles. The predicted molar refractivity (Wildman–Crippen MR) is 115 cm³/mol. The highest BCUT2D eigenvalue weighted by Gasteiger charge is 2.30. The first-order chi connectivity index (χ1) is 15.1. The van der Waals surface area contributed by atoms with Gasteiger partial charge in [-0.3, -0.25) is 4.79 Å². The topological polar surface area (TPSA) is 67.0 Å². The zero-order valence-electron chi connectivity index (χ0n) is 17.6. The number of alkyl halides is 3. The van der Waals surface area contributed by atoms with E-state index in [0.717, 1.165) is 29.2 Å². The normalized spacial score (nSPS) is 11.7. The number of amides is 1. The Bertz CT molecular complexity index is 1230. The summed E-state index contributed by atoms with van der Waals surface area (Å²) in [7, 11) is 1.57. The summed E-state index contributed by atoms with van der Waals surface area (Å²) in [5.41, 5.74) is 1.99. The number of halogens is 3. The van der Waals surface area contributed by atoms with Gasteiger partial charge in [-0.25, -0.2) is 0 Å². The molecule has 32 heavy (non-hydrogen) atoms. The fraction of sp³-hybridized carbons (Fsp3) is 0.167. The fourth-order valence-corrected chi connectivity index (χ4v) is 3.36. The number of hydrogen-bond acceptors (Lipinski definition) is 3. The van der Waals surface area contributed by atoms with Crippen molar-refractivity contribution in [3.05, 3.63) is 82.7 Å². The van der Waals surface area contributed by atoms with E-state index < -0.39 is 17.6 Å². The molecular weight excluding hydrogens is 419 g/mol. The molecular formula is C24H20F3N3O2. The van der Waals surface area contributed by atoms with Crippen molar-refractivity contribution in [1.29, 1.82) is 5.26 Å². The number of nitriles is 1. The fourth-order valence-electron chi connectivity index (χ4n) is 3.36. The zero-order chi connectivity index (χ0) is 23.5. The number of carbonyl (C=O) groups is 1. The van der Waals surface area contributed by atoms with Crippen molar-refractivity contribution in [1.82, 2.24) is 4.57 Å². The average molecular weight is 439 g/mol. The summed E-state index contributed by atoms with van der Waals surface area (Å²) in [6, 6.07) is 15.3. The van der Waals surface area contributed by atoms with Gasteiger partial charge in [-0.05, 0) is 61.9 Å². The van der Waals surface area contributed by atoms with Gasteiger partial charge in [0.15, 0.2) is 0 Å². The average Bonchev–Trinajstić information content (AvgIpc) is 3.04. The van der Waals surface area contributed by atoms with Crippen molar-refractivity contribution < 1.29 is 22.7 Å². The van der Waals surface area contributed by atoms with E-state index in [0.29, 0.717) is 11.3 Å². The molecule has 1 N–H and O–H groups in total. The molecule has 0 unspecified atom stereocenters. The Kier molecular flexibility index (Phi) is 6.40. The quantitative estimate of drug-likeness (QED) is 0.412.